The summed E-state index contributed by atoms with van der Waals surface area (Å²) in [5, 5.41) is 6.39. The van der Waals surface area contributed by atoms with Gasteiger partial charge in [-0.25, -0.2) is 4.98 Å². The second kappa shape index (κ2) is 12.1. The largest absolute Gasteiger partial charge is 0.475 e. The maximum absolute atomic E-state index is 12.9. The van der Waals surface area contributed by atoms with Gasteiger partial charge in [0, 0.05) is 39.0 Å². The first kappa shape index (κ1) is 24.5. The molecule has 31 heavy (non-hydrogen) atoms. The summed E-state index contributed by atoms with van der Waals surface area (Å²) in [6, 6.07) is 9.21. The monoisotopic (exact) mass is 438 g/mol. The molecule has 0 amide bonds. The number of rotatable bonds is 10. The summed E-state index contributed by atoms with van der Waals surface area (Å²) < 4.78 is 49.4. The van der Waals surface area contributed by atoms with E-state index in [-0.39, 0.29) is 5.92 Å². The van der Waals surface area contributed by atoms with Crippen LogP contribution in [0.25, 0.3) is 0 Å². The van der Waals surface area contributed by atoms with Crippen LogP contribution < -0.4 is 15.4 Å². The number of nitrogens with one attached hydrogen (secondary N) is 2. The zero-order chi connectivity index (χ0) is 22.7. The van der Waals surface area contributed by atoms with Crippen LogP contribution in [0.3, 0.4) is 0 Å². The molecule has 1 heterocycles. The van der Waals surface area contributed by atoms with Crippen LogP contribution in [0.4, 0.5) is 13.2 Å². The fraction of sp³-hybridized carbons (Fsp3) is 0.455. The molecule has 0 aliphatic carbocycles. The topological polar surface area (TPSA) is 67.8 Å². The van der Waals surface area contributed by atoms with Gasteiger partial charge in [-0.15, -0.1) is 0 Å². The molecule has 2 N–H and O–H groups in total. The average Bonchev–Trinajstić information content (AvgIpc) is 2.76. The van der Waals surface area contributed by atoms with E-state index in [1.54, 1.807) is 26.4 Å². The van der Waals surface area contributed by atoms with Crippen molar-refractivity contribution in [2.24, 2.45) is 4.99 Å². The van der Waals surface area contributed by atoms with E-state index < -0.39 is 11.7 Å². The minimum Gasteiger partial charge on any atom is -0.475 e. The molecule has 0 aliphatic heterocycles. The Bertz CT molecular complexity index is 844. The Morgan fingerprint density at radius 3 is 2.68 bits per heavy atom. The Morgan fingerprint density at radius 1 is 1.16 bits per heavy atom. The van der Waals surface area contributed by atoms with Crippen molar-refractivity contribution in [2.45, 2.75) is 32.0 Å². The van der Waals surface area contributed by atoms with Gasteiger partial charge in [0.2, 0.25) is 5.88 Å². The van der Waals surface area contributed by atoms with Crippen LogP contribution in [0, 0.1) is 0 Å². The van der Waals surface area contributed by atoms with Crippen LogP contribution in [0.2, 0.25) is 0 Å². The standard InChI is InChI=1S/C22H29F3N4O2/c1-16(17-6-4-8-19(14-17)22(23,24)25)9-11-28-21(26-2)29-15-18-7-5-10-27-20(18)31-13-12-30-3/h4-8,10,14,16H,9,11-13,15H2,1-3H3,(H2,26,28,29). The molecule has 2 rings (SSSR count). The van der Waals surface area contributed by atoms with Gasteiger partial charge < -0.3 is 20.1 Å². The molecule has 9 heteroatoms. The van der Waals surface area contributed by atoms with Crippen molar-refractivity contribution in [1.82, 2.24) is 15.6 Å². The van der Waals surface area contributed by atoms with Gasteiger partial charge in [0.1, 0.15) is 6.61 Å². The Morgan fingerprint density at radius 2 is 1.97 bits per heavy atom. The highest BCUT2D eigenvalue weighted by molar-refractivity contribution is 5.79. The van der Waals surface area contributed by atoms with Gasteiger partial charge in [0.15, 0.2) is 5.96 Å². The predicted molar refractivity (Wildman–Crippen MR) is 114 cm³/mol. The van der Waals surface area contributed by atoms with Gasteiger partial charge in [-0.3, -0.25) is 4.99 Å². The minimum atomic E-state index is -4.33. The van der Waals surface area contributed by atoms with Crippen molar-refractivity contribution in [3.05, 3.63) is 59.3 Å². The average molecular weight is 438 g/mol. The predicted octanol–water partition coefficient (Wildman–Crippen LogP) is 3.98. The molecule has 0 radical (unpaired) electrons. The maximum Gasteiger partial charge on any atom is 0.416 e. The first-order valence-corrected chi connectivity index (χ1v) is 10.0. The number of guanidine groups is 1. The first-order chi connectivity index (χ1) is 14.8. The van der Waals surface area contributed by atoms with E-state index in [0.717, 1.165) is 11.6 Å². The van der Waals surface area contributed by atoms with E-state index in [1.807, 2.05) is 19.1 Å². The van der Waals surface area contributed by atoms with Crippen LogP contribution in [-0.4, -0.2) is 44.9 Å². The maximum atomic E-state index is 12.9. The lowest BCUT2D eigenvalue weighted by Gasteiger charge is -2.17. The third-order valence-electron chi connectivity index (χ3n) is 4.70. The van der Waals surface area contributed by atoms with Crippen molar-refractivity contribution in [3.63, 3.8) is 0 Å². The Labute approximate surface area is 180 Å². The molecule has 170 valence electrons. The number of pyridine rings is 1. The number of aliphatic imine (C=N–C) groups is 1. The molecule has 0 saturated heterocycles. The number of nitrogens with zero attached hydrogens (tertiary/aromatic N) is 2. The van der Waals surface area contributed by atoms with Crippen molar-refractivity contribution >= 4 is 5.96 Å². The fourth-order valence-corrected chi connectivity index (χ4v) is 2.91. The summed E-state index contributed by atoms with van der Waals surface area (Å²) in [5.41, 5.74) is 0.911. The Hall–Kier alpha value is -2.81. The van der Waals surface area contributed by atoms with Gasteiger partial charge in [-0.2, -0.15) is 13.2 Å². The summed E-state index contributed by atoms with van der Waals surface area (Å²) in [6.07, 6.45) is -2.02. The molecule has 1 unspecified atom stereocenters. The molecule has 0 saturated carbocycles. The highest BCUT2D eigenvalue weighted by Crippen LogP contribution is 2.31. The van der Waals surface area contributed by atoms with Crippen molar-refractivity contribution in [3.8, 4) is 5.88 Å². The van der Waals surface area contributed by atoms with E-state index >= 15 is 0 Å². The van der Waals surface area contributed by atoms with Crippen LogP contribution in [-0.2, 0) is 17.5 Å². The summed E-state index contributed by atoms with van der Waals surface area (Å²) in [7, 11) is 3.26. The molecule has 0 aliphatic rings. The van der Waals surface area contributed by atoms with Gasteiger partial charge in [0.05, 0.1) is 12.2 Å². The van der Waals surface area contributed by atoms with Crippen molar-refractivity contribution in [2.75, 3.05) is 33.9 Å². The molecule has 2 aromatic rings. The van der Waals surface area contributed by atoms with Gasteiger partial charge >= 0.3 is 6.18 Å². The molecule has 0 fully saturated rings. The number of halogens is 3. The van der Waals surface area contributed by atoms with E-state index in [1.165, 1.54) is 12.1 Å². The second-order valence-electron chi connectivity index (χ2n) is 6.97. The lowest BCUT2D eigenvalue weighted by molar-refractivity contribution is -0.137. The Kier molecular flexibility index (Phi) is 9.58. The summed E-state index contributed by atoms with van der Waals surface area (Å²) in [4.78, 5) is 8.43. The lowest BCUT2D eigenvalue weighted by atomic mass is 9.96. The highest BCUT2D eigenvalue weighted by Gasteiger charge is 2.30. The van der Waals surface area contributed by atoms with E-state index in [2.05, 4.69) is 20.6 Å². The smallest absolute Gasteiger partial charge is 0.416 e. The molecule has 6 nitrogen and oxygen atoms in total. The number of hydrogen-bond donors (Lipinski definition) is 2. The van der Waals surface area contributed by atoms with E-state index in [9.17, 15) is 13.2 Å². The van der Waals surface area contributed by atoms with Gasteiger partial charge in [-0.05, 0) is 30.0 Å². The number of ether oxygens (including phenoxy) is 2. The molecule has 1 aromatic heterocycles. The molecular formula is C22H29F3N4O2. The SMILES string of the molecule is CN=C(NCCC(C)c1cccc(C(F)(F)F)c1)NCc1cccnc1OCCOC. The normalized spacial score (nSPS) is 13.0. The minimum absolute atomic E-state index is 0.0352. The van der Waals surface area contributed by atoms with Crippen molar-refractivity contribution in [1.29, 1.82) is 0 Å². The molecule has 0 bridgehead atoms. The highest BCUT2D eigenvalue weighted by atomic mass is 19.4. The van der Waals surface area contributed by atoms with Gasteiger partial charge in [-0.1, -0.05) is 31.2 Å². The molecule has 1 atom stereocenters. The molecule has 1 aromatic carbocycles. The number of benzene rings is 1. The zero-order valence-corrected chi connectivity index (χ0v) is 18.0. The summed E-state index contributed by atoms with van der Waals surface area (Å²) in [5.74, 6) is 1.08. The zero-order valence-electron chi connectivity index (χ0n) is 18.0. The van der Waals surface area contributed by atoms with E-state index in [0.29, 0.717) is 50.1 Å². The number of alkyl halides is 3. The van der Waals surface area contributed by atoms with Crippen LogP contribution >= 0.6 is 0 Å². The lowest BCUT2D eigenvalue weighted by Crippen LogP contribution is -2.37. The number of aromatic nitrogens is 1. The number of hydrogen-bond acceptors (Lipinski definition) is 4. The second-order valence-corrected chi connectivity index (χ2v) is 6.97. The van der Waals surface area contributed by atoms with Crippen molar-refractivity contribution < 1.29 is 22.6 Å². The Balaban J connectivity index is 1.84. The summed E-state index contributed by atoms with van der Waals surface area (Å²) >= 11 is 0. The quantitative estimate of drug-likeness (QED) is 0.334. The number of methoxy groups -OCH3 is 1. The first-order valence-electron chi connectivity index (χ1n) is 10.0. The molecular weight excluding hydrogens is 409 g/mol. The summed E-state index contributed by atoms with van der Waals surface area (Å²) in [6.45, 7) is 3.80. The van der Waals surface area contributed by atoms with Gasteiger partial charge in [0.25, 0.3) is 0 Å². The molecule has 0 spiro atoms. The van der Waals surface area contributed by atoms with E-state index in [4.69, 9.17) is 9.47 Å². The third kappa shape index (κ3) is 8.09. The third-order valence-corrected chi connectivity index (χ3v) is 4.70. The van der Waals surface area contributed by atoms with Crippen LogP contribution in [0.5, 0.6) is 5.88 Å². The van der Waals surface area contributed by atoms with Crippen LogP contribution in [0.15, 0.2) is 47.6 Å². The fourth-order valence-electron chi connectivity index (χ4n) is 2.91. The van der Waals surface area contributed by atoms with Crippen LogP contribution in [0.1, 0.15) is 36.0 Å².